The van der Waals surface area contributed by atoms with Crippen molar-refractivity contribution in [1.29, 1.82) is 0 Å². The molecule has 1 N–H and O–H groups in total. The van der Waals surface area contributed by atoms with E-state index in [9.17, 15) is 44.4 Å². The third-order valence-electron chi connectivity index (χ3n) is 5.76. The van der Waals surface area contributed by atoms with Crippen molar-refractivity contribution in [1.82, 2.24) is 9.78 Å². The number of hydrogen-bond acceptors (Lipinski definition) is 16. The summed E-state index contributed by atoms with van der Waals surface area (Å²) in [6, 6.07) is 10.3. The maximum Gasteiger partial charge on any atom is 1.00 e. The van der Waals surface area contributed by atoms with Crippen LogP contribution in [0.5, 0.6) is 0 Å². The zero-order chi connectivity index (χ0) is 31.6. The molecular formula is C23H21N4Na3O13S4. The molecule has 0 aliphatic carbocycles. The Balaban J connectivity index is 0.00000529. The molecule has 1 aromatic heterocycles. The maximum atomic E-state index is 13.1. The Kier molecular flexibility index (Phi) is 19.0. The van der Waals surface area contributed by atoms with Crippen LogP contribution in [-0.4, -0.2) is 56.5 Å². The van der Waals surface area contributed by atoms with Crippen molar-refractivity contribution >= 4 is 64.5 Å². The number of H-pyrrole nitrogens is 1. The molecular weight excluding hydrogens is 738 g/mol. The molecule has 0 spiro atoms. The van der Waals surface area contributed by atoms with Gasteiger partial charge in [0.05, 0.1) is 38.4 Å². The molecule has 0 atom stereocenters. The third kappa shape index (κ3) is 11.2. The van der Waals surface area contributed by atoms with Gasteiger partial charge in [0.1, 0.15) is 25.9 Å². The molecule has 0 amide bonds. The average Bonchev–Trinajstić information content (AvgIpc) is 3.22. The van der Waals surface area contributed by atoms with Crippen molar-refractivity contribution in [3.63, 3.8) is 0 Å². The van der Waals surface area contributed by atoms with Crippen LogP contribution in [0.15, 0.2) is 84.3 Å². The number of nitrogens with one attached hydrogen (secondary N) is 1. The minimum Gasteiger partial charge on any atom is -0.744 e. The zero-order valence-electron chi connectivity index (χ0n) is 24.4. The number of azo groups is 1. The van der Waals surface area contributed by atoms with Crippen molar-refractivity contribution in [3.8, 4) is 5.69 Å². The minimum atomic E-state index is -5.29. The second-order valence-electron chi connectivity index (χ2n) is 8.44. The van der Waals surface area contributed by atoms with Crippen LogP contribution in [0.2, 0.25) is 0 Å². The molecule has 4 aromatic rings. The van der Waals surface area contributed by atoms with Crippen LogP contribution in [0.4, 0.5) is 11.4 Å². The zero-order valence-corrected chi connectivity index (χ0v) is 33.7. The number of aromatic amines is 1. The van der Waals surface area contributed by atoms with Crippen molar-refractivity contribution < 1.29 is 142 Å². The van der Waals surface area contributed by atoms with Crippen LogP contribution in [0.3, 0.4) is 0 Å². The van der Waals surface area contributed by atoms with Gasteiger partial charge in [0, 0.05) is 10.8 Å². The summed E-state index contributed by atoms with van der Waals surface area (Å²) < 4.78 is 106. The summed E-state index contributed by atoms with van der Waals surface area (Å²) in [5.74, 6) is -0.461. The van der Waals surface area contributed by atoms with E-state index in [1.807, 2.05) is 0 Å². The summed E-state index contributed by atoms with van der Waals surface area (Å²) in [6.07, 6.45) is 0. The molecule has 17 nitrogen and oxygen atoms in total. The summed E-state index contributed by atoms with van der Waals surface area (Å²) in [5.41, 5.74) is -1.22. The number of aryl methyl sites for hydroxylation is 1. The Bertz CT molecular complexity index is 2110. The predicted octanol–water partition coefficient (Wildman–Crippen LogP) is -6.92. The van der Waals surface area contributed by atoms with E-state index in [4.69, 9.17) is 4.18 Å². The molecule has 238 valence electrons. The van der Waals surface area contributed by atoms with Crippen LogP contribution < -0.4 is 99.5 Å². The van der Waals surface area contributed by atoms with E-state index in [0.29, 0.717) is 0 Å². The summed E-state index contributed by atoms with van der Waals surface area (Å²) >= 11 is 0.164. The van der Waals surface area contributed by atoms with Crippen LogP contribution in [0, 0.1) is 6.92 Å². The van der Waals surface area contributed by atoms with Gasteiger partial charge >= 0.3 is 88.7 Å². The topological polar surface area (TPSA) is 262 Å². The van der Waals surface area contributed by atoms with Gasteiger partial charge in [-0.25, -0.2) is 29.9 Å². The Labute approximate surface area is 340 Å². The van der Waals surface area contributed by atoms with E-state index in [1.54, 1.807) is 0 Å². The van der Waals surface area contributed by atoms with Gasteiger partial charge in [-0.05, 0) is 43.3 Å². The molecule has 0 saturated heterocycles. The molecule has 1 heterocycles. The molecule has 3 aromatic carbocycles. The fourth-order valence-corrected chi connectivity index (χ4v) is 6.83. The van der Waals surface area contributed by atoms with Gasteiger partial charge in [0.25, 0.3) is 5.56 Å². The summed E-state index contributed by atoms with van der Waals surface area (Å²) in [6.45, 7) is 1.12. The minimum absolute atomic E-state index is 0. The normalized spacial score (nSPS) is 11.7. The van der Waals surface area contributed by atoms with Gasteiger partial charge < -0.3 is 14.4 Å². The third-order valence-corrected chi connectivity index (χ3v) is 9.65. The van der Waals surface area contributed by atoms with E-state index in [2.05, 4.69) is 24.7 Å². The summed E-state index contributed by atoms with van der Waals surface area (Å²) in [4.78, 5) is 11.3. The number of nitrogens with zero attached hydrogens (tertiary/aromatic N) is 3. The Hall–Kier alpha value is -0.510. The molecule has 0 bridgehead atoms. The first-order valence-electron chi connectivity index (χ1n) is 11.4. The molecule has 0 fully saturated rings. The second-order valence-corrected chi connectivity index (χ2v) is 13.7. The summed E-state index contributed by atoms with van der Waals surface area (Å²) in [5, 5.41) is 22.4. The van der Waals surface area contributed by atoms with E-state index < -0.39 is 56.9 Å². The first-order valence-corrected chi connectivity index (χ1v) is 16.6. The average molecular weight is 759 g/mol. The van der Waals surface area contributed by atoms with Gasteiger partial charge in [-0.1, -0.05) is 25.6 Å². The van der Waals surface area contributed by atoms with E-state index in [1.165, 1.54) is 31.2 Å². The molecule has 47 heavy (non-hydrogen) atoms. The van der Waals surface area contributed by atoms with Crippen molar-refractivity contribution in [3.05, 3.63) is 70.6 Å². The first-order chi connectivity index (χ1) is 20.1. The number of aromatic nitrogens is 2. The second kappa shape index (κ2) is 19.2. The van der Waals surface area contributed by atoms with Crippen LogP contribution in [0.1, 0.15) is 13.1 Å². The van der Waals surface area contributed by atoms with Gasteiger partial charge in [0.15, 0.2) is 27.8 Å². The predicted molar refractivity (Wildman–Crippen MR) is 150 cm³/mol. The number of fused-ring (bicyclic) bond motifs is 1. The van der Waals surface area contributed by atoms with Gasteiger partial charge in [-0.2, -0.15) is 0 Å². The van der Waals surface area contributed by atoms with Crippen molar-refractivity contribution in [2.24, 2.45) is 10.2 Å². The monoisotopic (exact) mass is 758 g/mol. The largest absolute Gasteiger partial charge is 1.00 e. The van der Waals surface area contributed by atoms with Gasteiger partial charge in [0.2, 0.25) is 0 Å². The molecule has 0 aliphatic rings. The fourth-order valence-electron chi connectivity index (χ4n) is 3.92. The molecule has 0 radical (unpaired) electrons. The summed E-state index contributed by atoms with van der Waals surface area (Å²) in [7, 11) is -14.1. The van der Waals surface area contributed by atoms with E-state index in [0.717, 1.165) is 35.0 Å². The number of benzene rings is 3. The van der Waals surface area contributed by atoms with Crippen LogP contribution in [0.25, 0.3) is 16.5 Å². The number of rotatable bonds is 12. The SMILES string of the molecule is C.Cc1[nH]n(-c2ccc(S(=O)(=O)CCOSOO[O-])cc2)c(=O)c1N=Nc1ccc2c(S(=O)(=O)[O-])cccc2c1S(=O)(=O)[O-].[Na+].[Na+].[Na+]. The molecule has 0 unspecified atom stereocenters. The molecule has 0 aliphatic heterocycles. The smallest absolute Gasteiger partial charge is 0.744 e. The quantitative estimate of drug-likeness (QED) is 0.0268. The van der Waals surface area contributed by atoms with Gasteiger partial charge in [-0.15, -0.1) is 14.6 Å². The number of hydrogen-bond donors (Lipinski definition) is 1. The molecule has 4 rings (SSSR count). The molecule has 24 heteroatoms. The fraction of sp³-hybridized carbons (Fsp3) is 0.174. The van der Waals surface area contributed by atoms with Crippen LogP contribution >= 0.6 is 12.3 Å². The van der Waals surface area contributed by atoms with Crippen molar-refractivity contribution in [2.45, 2.75) is 29.0 Å². The van der Waals surface area contributed by atoms with Crippen LogP contribution in [-0.2, 0) is 43.6 Å². The van der Waals surface area contributed by atoms with E-state index >= 15 is 0 Å². The Morgan fingerprint density at radius 2 is 1.51 bits per heavy atom. The van der Waals surface area contributed by atoms with E-state index in [-0.39, 0.29) is 148 Å². The van der Waals surface area contributed by atoms with Crippen molar-refractivity contribution in [2.75, 3.05) is 12.4 Å². The first kappa shape index (κ1) is 46.5. The Morgan fingerprint density at radius 1 is 0.872 bits per heavy atom. The molecule has 0 saturated carbocycles. The maximum absolute atomic E-state index is 13.1. The van der Waals surface area contributed by atoms with Gasteiger partial charge in [-0.3, -0.25) is 19.1 Å². The number of sulfone groups is 1. The Morgan fingerprint density at radius 3 is 2.09 bits per heavy atom. The standard InChI is InChI=1S/C22H20N4O13S4.CH4.3Na/c1-13-20(22(27)26(25-13)14-5-7-15(8-6-14)41(29,30)12-11-37-40-39-38-28)24-23-18-10-9-16-17(21(18)43(34,35)36)3-2-4-19(16)42(31,32)33;;;;/h2-10,25,28H,11-12H2,1H3,(H,31,32,33)(H,34,35,36);1H4;;;/q;;3*+1/p-3.